The molecule has 1 aliphatic carbocycles. The molecule has 7 heteroatoms. The molecule has 138 valence electrons. The lowest BCUT2D eigenvalue weighted by atomic mass is 10.2. The number of amides is 1. The highest BCUT2D eigenvalue weighted by Gasteiger charge is 2.34. The third kappa shape index (κ3) is 5.04. The Bertz CT molecular complexity index is 792. The van der Waals surface area contributed by atoms with Gasteiger partial charge in [-0.05, 0) is 36.4 Å². The second-order valence-electron chi connectivity index (χ2n) is 6.43. The van der Waals surface area contributed by atoms with Gasteiger partial charge in [0.2, 0.25) is 0 Å². The molecular formula is C19H20Cl3N2O2+. The number of nitrogens with one attached hydrogen (secondary N) is 2. The molecule has 1 amide bonds. The fraction of sp³-hybridized carbons (Fsp3) is 0.316. The molecule has 2 N–H and O–H groups in total. The molecule has 0 aromatic heterocycles. The van der Waals surface area contributed by atoms with Crippen LogP contribution in [0.15, 0.2) is 36.4 Å². The first-order chi connectivity index (χ1) is 12.5. The van der Waals surface area contributed by atoms with E-state index in [0.717, 1.165) is 25.1 Å². The summed E-state index contributed by atoms with van der Waals surface area (Å²) >= 11 is 18.1. The van der Waals surface area contributed by atoms with E-state index in [1.54, 1.807) is 13.2 Å². The van der Waals surface area contributed by atoms with Gasteiger partial charge in [-0.25, -0.2) is 0 Å². The Kier molecular flexibility index (Phi) is 6.30. The van der Waals surface area contributed by atoms with Crippen LogP contribution in [0.3, 0.4) is 0 Å². The average Bonchev–Trinajstić information content (AvgIpc) is 3.45. The molecule has 3 rings (SSSR count). The van der Waals surface area contributed by atoms with Gasteiger partial charge in [-0.1, -0.05) is 34.8 Å². The number of methoxy groups -OCH3 is 1. The van der Waals surface area contributed by atoms with E-state index in [1.807, 2.05) is 24.3 Å². The monoisotopic (exact) mass is 413 g/mol. The van der Waals surface area contributed by atoms with Gasteiger partial charge in [-0.15, -0.1) is 0 Å². The minimum atomic E-state index is -0.0966. The van der Waals surface area contributed by atoms with Crippen LogP contribution in [0, 0.1) is 0 Å². The van der Waals surface area contributed by atoms with Crippen LogP contribution in [-0.4, -0.2) is 25.6 Å². The standard InChI is InChI=1S/C19H19Cl3N2O2/c1-26-14-6-2-12(3-7-14)10-24(13-4-5-13)11-19(25)23-18-9-16(21)15(20)8-17(18)22/h2-3,6-9,13H,4-5,10-11H2,1H3,(H,23,25)/p+1. The molecule has 0 bridgehead atoms. The smallest absolute Gasteiger partial charge is 0.279 e. The maximum Gasteiger partial charge on any atom is 0.279 e. The van der Waals surface area contributed by atoms with Gasteiger partial charge < -0.3 is 15.0 Å². The Morgan fingerprint density at radius 3 is 2.38 bits per heavy atom. The van der Waals surface area contributed by atoms with Crippen molar-refractivity contribution in [3.05, 3.63) is 57.0 Å². The minimum absolute atomic E-state index is 0.0966. The highest BCUT2D eigenvalue weighted by Crippen LogP contribution is 2.32. The van der Waals surface area contributed by atoms with Gasteiger partial charge in [0.25, 0.3) is 5.91 Å². The summed E-state index contributed by atoms with van der Waals surface area (Å²) in [5, 5.41) is 3.93. The van der Waals surface area contributed by atoms with E-state index in [4.69, 9.17) is 39.5 Å². The SMILES string of the molecule is COc1ccc(C[NH+](CC(=O)Nc2cc(Cl)c(Cl)cc2Cl)C2CC2)cc1. The number of anilines is 1. The van der Waals surface area contributed by atoms with E-state index in [-0.39, 0.29) is 5.91 Å². The number of benzene rings is 2. The third-order valence-electron chi connectivity index (χ3n) is 4.42. The Hall–Kier alpha value is -1.46. The first kappa shape index (κ1) is 19.3. The van der Waals surface area contributed by atoms with Crippen LogP contribution in [0.25, 0.3) is 0 Å². The first-order valence-electron chi connectivity index (χ1n) is 8.38. The van der Waals surface area contributed by atoms with E-state index < -0.39 is 0 Å². The summed E-state index contributed by atoms with van der Waals surface area (Å²) in [6.07, 6.45) is 2.29. The van der Waals surface area contributed by atoms with Crippen LogP contribution in [0.4, 0.5) is 5.69 Å². The van der Waals surface area contributed by atoms with Gasteiger partial charge in [-0.2, -0.15) is 0 Å². The summed E-state index contributed by atoms with van der Waals surface area (Å²) in [7, 11) is 1.65. The Morgan fingerprint density at radius 2 is 1.77 bits per heavy atom. The van der Waals surface area contributed by atoms with Crippen molar-refractivity contribution < 1.29 is 14.4 Å². The Balaban J connectivity index is 1.64. The maximum atomic E-state index is 12.5. The summed E-state index contributed by atoms with van der Waals surface area (Å²) in [6, 6.07) is 11.6. The van der Waals surface area contributed by atoms with Crippen LogP contribution in [-0.2, 0) is 11.3 Å². The van der Waals surface area contributed by atoms with Crippen LogP contribution >= 0.6 is 34.8 Å². The zero-order chi connectivity index (χ0) is 18.7. The van der Waals surface area contributed by atoms with Gasteiger partial charge >= 0.3 is 0 Å². The van der Waals surface area contributed by atoms with Crippen molar-refractivity contribution in [2.75, 3.05) is 19.0 Å². The summed E-state index contributed by atoms with van der Waals surface area (Å²) in [5.74, 6) is 0.731. The summed E-state index contributed by atoms with van der Waals surface area (Å²) < 4.78 is 5.19. The van der Waals surface area contributed by atoms with Gasteiger partial charge in [0.05, 0.1) is 33.9 Å². The van der Waals surface area contributed by atoms with Crippen molar-refractivity contribution in [2.24, 2.45) is 0 Å². The van der Waals surface area contributed by atoms with Gasteiger partial charge in [0, 0.05) is 18.4 Å². The predicted octanol–water partition coefficient (Wildman–Crippen LogP) is 3.84. The highest BCUT2D eigenvalue weighted by atomic mass is 35.5. The summed E-state index contributed by atoms with van der Waals surface area (Å²) in [5.41, 5.74) is 1.65. The quantitative estimate of drug-likeness (QED) is 0.676. The van der Waals surface area contributed by atoms with E-state index >= 15 is 0 Å². The second kappa shape index (κ2) is 8.49. The van der Waals surface area contributed by atoms with Crippen LogP contribution in [0.2, 0.25) is 15.1 Å². The highest BCUT2D eigenvalue weighted by molar-refractivity contribution is 6.44. The second-order valence-corrected chi connectivity index (χ2v) is 7.65. The van der Waals surface area contributed by atoms with Gasteiger partial charge in [0.15, 0.2) is 6.54 Å². The van der Waals surface area contributed by atoms with Crippen molar-refractivity contribution in [3.8, 4) is 5.75 Å². The molecule has 0 saturated heterocycles. The molecular weight excluding hydrogens is 395 g/mol. The van der Waals surface area contributed by atoms with Gasteiger partial charge in [-0.3, -0.25) is 4.79 Å². The molecule has 1 aliphatic rings. The van der Waals surface area contributed by atoms with Crippen LogP contribution in [0.5, 0.6) is 5.75 Å². The van der Waals surface area contributed by atoms with E-state index in [9.17, 15) is 4.79 Å². The largest absolute Gasteiger partial charge is 0.497 e. The maximum absolute atomic E-state index is 12.5. The predicted molar refractivity (Wildman–Crippen MR) is 106 cm³/mol. The number of rotatable bonds is 7. The number of carbonyl (C=O) groups excluding carboxylic acids is 1. The lowest BCUT2D eigenvalue weighted by molar-refractivity contribution is -0.916. The molecule has 0 radical (unpaired) electrons. The minimum Gasteiger partial charge on any atom is -0.497 e. The van der Waals surface area contributed by atoms with Crippen LogP contribution in [0.1, 0.15) is 18.4 Å². The number of quaternary nitrogens is 1. The molecule has 1 saturated carbocycles. The van der Waals surface area contributed by atoms with Crippen LogP contribution < -0.4 is 15.0 Å². The molecule has 1 fully saturated rings. The zero-order valence-corrected chi connectivity index (χ0v) is 16.6. The number of hydrogen-bond donors (Lipinski definition) is 2. The molecule has 4 nitrogen and oxygen atoms in total. The molecule has 0 spiro atoms. The van der Waals surface area contributed by atoms with Gasteiger partial charge in [0.1, 0.15) is 12.3 Å². The molecule has 2 aromatic rings. The zero-order valence-electron chi connectivity index (χ0n) is 14.3. The van der Waals surface area contributed by atoms with Crippen molar-refractivity contribution in [3.63, 3.8) is 0 Å². The molecule has 0 aliphatic heterocycles. The van der Waals surface area contributed by atoms with Crippen molar-refractivity contribution >= 4 is 46.4 Å². The molecule has 0 heterocycles. The van der Waals surface area contributed by atoms with Crippen molar-refractivity contribution in [2.45, 2.75) is 25.4 Å². The number of ether oxygens (including phenoxy) is 1. The number of carbonyl (C=O) groups is 1. The third-order valence-corrected chi connectivity index (χ3v) is 5.45. The molecule has 1 unspecified atom stereocenters. The van der Waals surface area contributed by atoms with E-state index in [2.05, 4.69) is 5.32 Å². The van der Waals surface area contributed by atoms with Crippen molar-refractivity contribution in [1.29, 1.82) is 0 Å². The number of halogens is 3. The van der Waals surface area contributed by atoms with E-state index in [0.29, 0.717) is 33.3 Å². The lowest BCUT2D eigenvalue weighted by Gasteiger charge is -2.19. The fourth-order valence-corrected chi connectivity index (χ4v) is 3.46. The molecule has 2 aromatic carbocycles. The fourth-order valence-electron chi connectivity index (χ4n) is 2.87. The topological polar surface area (TPSA) is 42.8 Å². The van der Waals surface area contributed by atoms with E-state index in [1.165, 1.54) is 16.5 Å². The first-order valence-corrected chi connectivity index (χ1v) is 9.51. The average molecular weight is 415 g/mol. The molecule has 26 heavy (non-hydrogen) atoms. The normalized spacial score (nSPS) is 14.8. The summed E-state index contributed by atoms with van der Waals surface area (Å²) in [4.78, 5) is 13.7. The Labute approximate surface area is 168 Å². The number of hydrogen-bond acceptors (Lipinski definition) is 2. The Morgan fingerprint density at radius 1 is 1.12 bits per heavy atom. The summed E-state index contributed by atoms with van der Waals surface area (Å²) in [6.45, 7) is 1.16. The molecule has 1 atom stereocenters. The van der Waals surface area contributed by atoms with Crippen molar-refractivity contribution in [1.82, 2.24) is 0 Å². The lowest BCUT2D eigenvalue weighted by Crippen LogP contribution is -3.13.